The number of hydrogen-bond acceptors (Lipinski definition) is 3. The van der Waals surface area contributed by atoms with Crippen LogP contribution in [0, 0.1) is 0 Å². The quantitative estimate of drug-likeness (QED) is 0.401. The third-order valence-electron chi connectivity index (χ3n) is 0.785. The summed E-state index contributed by atoms with van der Waals surface area (Å²) >= 11 is 0. The molecule has 9 heavy (non-hydrogen) atoms. The molecular weight excluding hydrogens is 153 g/mol. The third kappa shape index (κ3) is 5.32. The molecule has 1 unspecified atom stereocenters. The average molecular weight is 163 g/mol. The molecule has 0 saturated carbocycles. The first-order valence-corrected chi connectivity index (χ1v) is 3.70. The second-order valence-electron chi connectivity index (χ2n) is 1.46. The minimum absolute atomic E-state index is 0. The Morgan fingerprint density at radius 3 is 2.00 bits per heavy atom. The Hall–Kier alpha value is 0.870. The van der Waals surface area contributed by atoms with Gasteiger partial charge in [0, 0.05) is 0 Å². The molecule has 0 radical (unpaired) electrons. The van der Waals surface area contributed by atoms with Crippen molar-refractivity contribution in [3.63, 3.8) is 0 Å². The summed E-state index contributed by atoms with van der Waals surface area (Å²) in [7, 11) is -3.98. The fourth-order valence-corrected chi connectivity index (χ4v) is 0.632. The zero-order chi connectivity index (χ0) is 6.78. The molecule has 0 saturated heterocycles. The van der Waals surface area contributed by atoms with Gasteiger partial charge in [-0.05, 0) is 6.42 Å². The van der Waals surface area contributed by atoms with Gasteiger partial charge >= 0.3 is 29.6 Å². The molecule has 0 spiro atoms. The summed E-state index contributed by atoms with van der Waals surface area (Å²) in [5.74, 6) is 0. The predicted octanol–water partition coefficient (Wildman–Crippen LogP) is -1.08. The van der Waals surface area contributed by atoms with Crippen molar-refractivity contribution in [2.24, 2.45) is 5.73 Å². The van der Waals surface area contributed by atoms with E-state index in [0.717, 1.165) is 0 Å². The molecule has 0 bridgehead atoms. The van der Waals surface area contributed by atoms with E-state index in [9.17, 15) is 8.42 Å². The Morgan fingerprint density at radius 1 is 1.67 bits per heavy atom. The van der Waals surface area contributed by atoms with Crippen LogP contribution in [0.4, 0.5) is 0 Å². The second kappa shape index (κ2) is 4.65. The Balaban J connectivity index is 0. The topological polar surface area (TPSA) is 80.4 Å². The molecule has 0 aliphatic heterocycles. The minimum atomic E-state index is -3.98. The number of hydrogen-bond donors (Lipinski definition) is 2. The van der Waals surface area contributed by atoms with E-state index >= 15 is 0 Å². The molecule has 0 aliphatic rings. The van der Waals surface area contributed by atoms with Crippen LogP contribution in [0.5, 0.6) is 0 Å². The predicted molar refractivity (Wildman–Crippen MR) is 37.0 cm³/mol. The van der Waals surface area contributed by atoms with Gasteiger partial charge < -0.3 is 5.73 Å². The first-order chi connectivity index (χ1) is 3.48. The molecule has 3 N–H and O–H groups in total. The van der Waals surface area contributed by atoms with Crippen LogP contribution in [-0.4, -0.2) is 47.9 Å². The molecule has 0 heterocycles. The van der Waals surface area contributed by atoms with Gasteiger partial charge in [0.2, 0.25) is 0 Å². The molecule has 0 aromatic heterocycles. The van der Waals surface area contributed by atoms with Crippen molar-refractivity contribution in [2.75, 3.05) is 0 Å². The molecule has 0 aliphatic carbocycles. The molecule has 1 atom stereocenters. The van der Waals surface area contributed by atoms with Crippen LogP contribution in [0.1, 0.15) is 13.3 Å². The summed E-state index contributed by atoms with van der Waals surface area (Å²) in [6.07, 6.45) is 0.235. The van der Waals surface area contributed by atoms with E-state index in [4.69, 9.17) is 10.3 Å². The van der Waals surface area contributed by atoms with Gasteiger partial charge in [0.25, 0.3) is 10.1 Å². The van der Waals surface area contributed by atoms with Gasteiger partial charge in [-0.2, -0.15) is 8.42 Å². The monoisotopic (exact) mass is 163 g/mol. The average Bonchev–Trinajstić information content (AvgIpc) is 1.62. The Morgan fingerprint density at radius 2 is 2.00 bits per heavy atom. The first kappa shape index (κ1) is 12.5. The Bertz CT molecular complexity index is 154. The van der Waals surface area contributed by atoms with Gasteiger partial charge in [-0.25, -0.2) is 0 Å². The van der Waals surface area contributed by atoms with Crippen LogP contribution in [0.3, 0.4) is 0 Å². The zero-order valence-corrected chi connectivity index (χ0v) is 5.35. The summed E-state index contributed by atoms with van der Waals surface area (Å²) in [6.45, 7) is 1.58. The van der Waals surface area contributed by atoms with Crippen molar-refractivity contribution in [3.05, 3.63) is 0 Å². The molecule has 0 aromatic carbocycles. The molecule has 0 aromatic rings. The van der Waals surface area contributed by atoms with E-state index in [0.29, 0.717) is 0 Å². The standard InChI is InChI=1S/C3H9NO3S.Na.H/c1-2-3(4)8(5,6)7;;/h3H,2,4H2,1H3,(H,5,6,7);;. The van der Waals surface area contributed by atoms with E-state index in [1.54, 1.807) is 6.92 Å². The number of nitrogens with two attached hydrogens (primary N) is 1. The van der Waals surface area contributed by atoms with Gasteiger partial charge in [-0.3, -0.25) is 4.55 Å². The maximum atomic E-state index is 9.99. The van der Waals surface area contributed by atoms with Crippen molar-refractivity contribution >= 4 is 39.7 Å². The fourth-order valence-electron chi connectivity index (χ4n) is 0.211. The van der Waals surface area contributed by atoms with Crippen LogP contribution in [-0.2, 0) is 10.1 Å². The number of rotatable bonds is 2. The van der Waals surface area contributed by atoms with Crippen LogP contribution >= 0.6 is 0 Å². The first-order valence-electron chi connectivity index (χ1n) is 2.20. The van der Waals surface area contributed by atoms with Crippen molar-refractivity contribution in [2.45, 2.75) is 18.7 Å². The zero-order valence-electron chi connectivity index (χ0n) is 4.53. The fraction of sp³-hybridized carbons (Fsp3) is 1.00. The summed E-state index contributed by atoms with van der Waals surface area (Å²) in [5, 5.41) is -1.12. The molecule has 52 valence electrons. The van der Waals surface area contributed by atoms with Gasteiger partial charge in [-0.1, -0.05) is 6.92 Å². The summed E-state index contributed by atoms with van der Waals surface area (Å²) in [5.41, 5.74) is 4.91. The van der Waals surface area contributed by atoms with Gasteiger partial charge in [0.05, 0.1) is 0 Å². The van der Waals surface area contributed by atoms with E-state index < -0.39 is 15.5 Å². The Kier molecular flexibility index (Phi) is 6.48. The molecular formula is C3H10NNaO3S. The summed E-state index contributed by atoms with van der Waals surface area (Å²) < 4.78 is 28.1. The third-order valence-corrected chi connectivity index (χ3v) is 1.88. The second-order valence-corrected chi connectivity index (χ2v) is 3.10. The normalized spacial score (nSPS) is 14.1. The maximum absolute atomic E-state index is 9.99. The molecule has 0 amide bonds. The van der Waals surface area contributed by atoms with Gasteiger partial charge in [0.15, 0.2) is 0 Å². The SMILES string of the molecule is CCC(N)S(=O)(=O)O.[NaH]. The molecule has 0 fully saturated rings. The van der Waals surface area contributed by atoms with Crippen LogP contribution < -0.4 is 5.73 Å². The summed E-state index contributed by atoms with van der Waals surface area (Å²) in [6, 6.07) is 0. The van der Waals surface area contributed by atoms with Crippen LogP contribution in [0.2, 0.25) is 0 Å². The summed E-state index contributed by atoms with van der Waals surface area (Å²) in [4.78, 5) is 0. The molecule has 6 heteroatoms. The van der Waals surface area contributed by atoms with Crippen molar-refractivity contribution < 1.29 is 13.0 Å². The molecule has 4 nitrogen and oxygen atoms in total. The Labute approximate surface area is 76.9 Å². The van der Waals surface area contributed by atoms with E-state index in [2.05, 4.69) is 0 Å². The van der Waals surface area contributed by atoms with E-state index in [1.807, 2.05) is 0 Å². The van der Waals surface area contributed by atoms with Crippen molar-refractivity contribution in [1.29, 1.82) is 0 Å². The van der Waals surface area contributed by atoms with E-state index in [1.165, 1.54) is 0 Å². The van der Waals surface area contributed by atoms with Crippen molar-refractivity contribution in [3.8, 4) is 0 Å². The van der Waals surface area contributed by atoms with Crippen LogP contribution in [0.25, 0.3) is 0 Å². The van der Waals surface area contributed by atoms with E-state index in [-0.39, 0.29) is 36.0 Å². The van der Waals surface area contributed by atoms with Crippen LogP contribution in [0.15, 0.2) is 0 Å². The van der Waals surface area contributed by atoms with Crippen molar-refractivity contribution in [1.82, 2.24) is 0 Å². The van der Waals surface area contributed by atoms with Gasteiger partial charge in [-0.15, -0.1) is 0 Å². The molecule has 0 rings (SSSR count). The van der Waals surface area contributed by atoms with Gasteiger partial charge in [0.1, 0.15) is 5.37 Å².